The number of aromatic nitrogens is 2. The van der Waals surface area contributed by atoms with Gasteiger partial charge in [0.15, 0.2) is 5.69 Å². The Hall–Kier alpha value is -1.22. The van der Waals surface area contributed by atoms with Gasteiger partial charge in [-0.3, -0.25) is 10.4 Å². The van der Waals surface area contributed by atoms with Crippen molar-refractivity contribution in [1.82, 2.24) is 10.2 Å². The Morgan fingerprint density at radius 1 is 1.35 bits per heavy atom. The minimum atomic E-state index is 0. The fourth-order valence-corrected chi connectivity index (χ4v) is 2.81. The van der Waals surface area contributed by atoms with Crippen molar-refractivity contribution in [3.63, 3.8) is 0 Å². The molecule has 1 fully saturated rings. The second-order valence-electron chi connectivity index (χ2n) is 4.83. The minimum absolute atomic E-state index is 0. The zero-order valence-electron chi connectivity index (χ0n) is 12.3. The number of nitrogens with one attached hydrogen (secondary N) is 1. The average molecular weight is 339 g/mol. The number of hydrogen-bond donors (Lipinski definition) is 2. The van der Waals surface area contributed by atoms with E-state index in [0.717, 1.165) is 37.1 Å². The van der Waals surface area contributed by atoms with Gasteiger partial charge in [0.25, 0.3) is 0 Å². The van der Waals surface area contributed by atoms with Crippen LogP contribution in [0.5, 0.6) is 0 Å². The van der Waals surface area contributed by atoms with Crippen LogP contribution in [0.25, 0.3) is 10.9 Å². The number of aromatic amines is 1. The quantitative estimate of drug-likeness (QED) is 0.577. The molecule has 1 aliphatic heterocycles. The summed E-state index contributed by atoms with van der Waals surface area (Å²) in [6, 6.07) is 6.15. The minimum Gasteiger partial charge on any atom is -0.370 e. The molecule has 0 spiro atoms. The van der Waals surface area contributed by atoms with E-state index >= 15 is 0 Å². The molecule has 0 saturated carbocycles. The number of nitriles is 2. The Morgan fingerprint density at radius 3 is 2.52 bits per heavy atom. The molecule has 0 amide bonds. The Bertz CT molecular complexity index is 742. The number of halogens is 1. The topological polar surface area (TPSA) is 106 Å². The van der Waals surface area contributed by atoms with Gasteiger partial charge in [-0.25, -0.2) is 0 Å². The predicted molar refractivity (Wildman–Crippen MR) is 90.8 cm³/mol. The van der Waals surface area contributed by atoms with Gasteiger partial charge in [-0.1, -0.05) is 11.6 Å². The molecule has 0 radical (unpaired) electrons. The fraction of sp³-hybridized carbons (Fsp3) is 0.357. The summed E-state index contributed by atoms with van der Waals surface area (Å²) < 4.78 is 0. The molecule has 0 bridgehead atoms. The SMILES string of the molecule is N#Cc1n[nH]c2c(N3CCC(N)CC3)ccc(Cl)c12.[BH3-]C#N.[Na+]. The third-order valence-electron chi connectivity index (χ3n) is 3.64. The van der Waals surface area contributed by atoms with E-state index in [0.29, 0.717) is 16.1 Å². The van der Waals surface area contributed by atoms with E-state index < -0.39 is 0 Å². The van der Waals surface area contributed by atoms with Crippen molar-refractivity contribution in [2.75, 3.05) is 18.0 Å². The van der Waals surface area contributed by atoms with Crippen molar-refractivity contribution in [3.05, 3.63) is 22.8 Å². The summed E-state index contributed by atoms with van der Waals surface area (Å²) in [4.78, 5) is 2.27. The number of H-pyrrole nitrogens is 1. The molecular formula is C14H17BClN6Na. The summed E-state index contributed by atoms with van der Waals surface area (Å²) in [7, 11) is 0.0694. The summed E-state index contributed by atoms with van der Waals surface area (Å²) in [5, 5.41) is 24.7. The first-order valence-electron chi connectivity index (χ1n) is 6.50. The van der Waals surface area contributed by atoms with E-state index in [1.54, 1.807) is 0 Å². The smallest absolute Gasteiger partial charge is 0.370 e. The number of fused-ring (bicyclic) bond motifs is 1. The molecule has 3 rings (SSSR count). The summed E-state index contributed by atoms with van der Waals surface area (Å²) in [6.45, 7) is 1.83. The maximum absolute atomic E-state index is 9.06. The molecule has 114 valence electrons. The predicted octanol–water partition coefficient (Wildman–Crippen LogP) is -2.15. The molecule has 1 aromatic carbocycles. The van der Waals surface area contributed by atoms with Gasteiger partial charge in [-0.15, -0.1) is 0 Å². The van der Waals surface area contributed by atoms with Crippen molar-refractivity contribution < 1.29 is 29.6 Å². The van der Waals surface area contributed by atoms with Crippen molar-refractivity contribution in [3.8, 4) is 12.0 Å². The van der Waals surface area contributed by atoms with Crippen molar-refractivity contribution >= 4 is 36.0 Å². The van der Waals surface area contributed by atoms with E-state index in [4.69, 9.17) is 27.9 Å². The number of nitrogens with two attached hydrogens (primary N) is 1. The number of anilines is 1. The van der Waals surface area contributed by atoms with E-state index in [1.165, 1.54) is 0 Å². The van der Waals surface area contributed by atoms with Crippen LogP contribution in [0.3, 0.4) is 0 Å². The molecule has 23 heavy (non-hydrogen) atoms. The Labute approximate surface area is 163 Å². The number of piperidine rings is 1. The first kappa shape index (κ1) is 19.8. The van der Waals surface area contributed by atoms with Gasteiger partial charge in [0, 0.05) is 19.1 Å². The molecule has 6 nitrogen and oxygen atoms in total. The zero-order valence-corrected chi connectivity index (χ0v) is 15.1. The van der Waals surface area contributed by atoms with E-state index in [9.17, 15) is 0 Å². The summed E-state index contributed by atoms with van der Waals surface area (Å²) >= 11 is 6.17. The van der Waals surface area contributed by atoms with Crippen LogP contribution in [-0.2, 0) is 0 Å². The van der Waals surface area contributed by atoms with Crippen LogP contribution in [0.2, 0.25) is 5.02 Å². The van der Waals surface area contributed by atoms with E-state index in [-0.39, 0.29) is 43.4 Å². The Morgan fingerprint density at radius 2 is 1.96 bits per heavy atom. The van der Waals surface area contributed by atoms with Crippen LogP contribution in [0.1, 0.15) is 18.5 Å². The maximum Gasteiger partial charge on any atom is 1.00 e. The number of hydrogen-bond acceptors (Lipinski definition) is 5. The van der Waals surface area contributed by atoms with Crippen LogP contribution in [0, 0.1) is 22.6 Å². The average Bonchev–Trinajstić information content (AvgIpc) is 2.95. The van der Waals surface area contributed by atoms with Crippen LogP contribution >= 0.6 is 11.6 Å². The van der Waals surface area contributed by atoms with Gasteiger partial charge in [-0.2, -0.15) is 16.3 Å². The third kappa shape index (κ3) is 4.41. The molecule has 0 unspecified atom stereocenters. The third-order valence-corrected chi connectivity index (χ3v) is 3.95. The summed E-state index contributed by atoms with van der Waals surface area (Å²) in [5.41, 5.74) is 8.14. The van der Waals surface area contributed by atoms with Crippen LogP contribution in [0.15, 0.2) is 12.1 Å². The van der Waals surface area contributed by atoms with Gasteiger partial charge in [-0.05, 0) is 25.0 Å². The normalized spacial score (nSPS) is 14.2. The largest absolute Gasteiger partial charge is 1.00 e. The molecule has 1 aliphatic rings. The van der Waals surface area contributed by atoms with Crippen molar-refractivity contribution in [1.29, 1.82) is 10.5 Å². The Balaban J connectivity index is 0.000000615. The molecule has 0 atom stereocenters. The maximum atomic E-state index is 9.06. The summed E-state index contributed by atoms with van der Waals surface area (Å²) in [6.07, 6.45) is 1.95. The fourth-order valence-electron chi connectivity index (χ4n) is 2.56. The summed E-state index contributed by atoms with van der Waals surface area (Å²) in [5.74, 6) is 2.00. The van der Waals surface area contributed by atoms with Gasteiger partial charge < -0.3 is 10.6 Å². The molecule has 2 heterocycles. The second-order valence-corrected chi connectivity index (χ2v) is 5.23. The van der Waals surface area contributed by atoms with Crippen LogP contribution in [0.4, 0.5) is 5.69 Å². The Kier molecular flexibility index (Phi) is 7.91. The van der Waals surface area contributed by atoms with Gasteiger partial charge >= 0.3 is 29.6 Å². The first-order valence-corrected chi connectivity index (χ1v) is 6.88. The zero-order chi connectivity index (χ0) is 16.1. The van der Waals surface area contributed by atoms with Crippen LogP contribution < -0.4 is 40.2 Å². The van der Waals surface area contributed by atoms with Crippen molar-refractivity contribution in [2.24, 2.45) is 5.73 Å². The van der Waals surface area contributed by atoms with E-state index in [1.807, 2.05) is 18.1 Å². The molecule has 1 saturated heterocycles. The molecule has 2 aromatic rings. The number of nitrogens with zero attached hydrogens (tertiary/aromatic N) is 4. The van der Waals surface area contributed by atoms with Crippen LogP contribution in [-0.4, -0.2) is 37.2 Å². The molecule has 0 aliphatic carbocycles. The standard InChI is InChI=1S/C13H14ClN5.CH3BN.Na/c14-9-1-2-11(19-5-3-8(16)4-6-19)13-12(9)10(7-15)17-18-13;2-1-3;/h1-2,8H,3-6,16H2,(H,17,18);2H3;/q;-1;+1. The van der Waals surface area contributed by atoms with Gasteiger partial charge in [0.05, 0.1) is 29.5 Å². The monoisotopic (exact) mass is 338 g/mol. The molecular weight excluding hydrogens is 321 g/mol. The second kappa shape index (κ2) is 9.17. The molecule has 3 N–H and O–H groups in total. The molecule has 1 aromatic heterocycles. The van der Waals surface area contributed by atoms with E-state index in [2.05, 4.69) is 21.2 Å². The number of benzene rings is 1. The first-order chi connectivity index (χ1) is 10.6. The number of rotatable bonds is 1. The van der Waals surface area contributed by atoms with Gasteiger partial charge in [0.1, 0.15) is 6.07 Å². The molecule has 9 heteroatoms. The van der Waals surface area contributed by atoms with Crippen molar-refractivity contribution in [2.45, 2.75) is 18.9 Å². The van der Waals surface area contributed by atoms with Gasteiger partial charge in [0.2, 0.25) is 0 Å².